The zero-order valence-electron chi connectivity index (χ0n) is 13.1. The summed E-state index contributed by atoms with van der Waals surface area (Å²) in [6, 6.07) is 3.04. The van der Waals surface area contributed by atoms with Gasteiger partial charge in [0.25, 0.3) is 5.91 Å². The van der Waals surface area contributed by atoms with Gasteiger partial charge in [-0.05, 0) is 26.0 Å². The Hall–Kier alpha value is -1.66. The van der Waals surface area contributed by atoms with Gasteiger partial charge in [-0.15, -0.1) is 11.6 Å². The molecule has 1 aromatic carbocycles. The first-order chi connectivity index (χ1) is 10.5. The number of carbonyl (C=O) groups excluding carboxylic acids is 1. The van der Waals surface area contributed by atoms with Crippen LogP contribution in [-0.4, -0.2) is 59.7 Å². The Morgan fingerprint density at radius 3 is 2.55 bits per heavy atom. The molecule has 22 heavy (non-hydrogen) atoms. The summed E-state index contributed by atoms with van der Waals surface area (Å²) in [7, 11) is 1.41. The van der Waals surface area contributed by atoms with Crippen LogP contribution in [0, 0.1) is 0 Å². The summed E-state index contributed by atoms with van der Waals surface area (Å²) >= 11 is 5.54. The van der Waals surface area contributed by atoms with Crippen LogP contribution in [-0.2, 0) is 0 Å². The number of aliphatic hydroxyl groups excluding tert-OH is 1. The number of hydrogen-bond donors (Lipinski definition) is 3. The average Bonchev–Trinajstić information content (AvgIpc) is 2.54. The minimum Gasteiger partial charge on any atom is -0.503 e. The molecule has 3 N–H and O–H groups in total. The Kier molecular flexibility index (Phi) is 7.27. The third kappa shape index (κ3) is 4.42. The lowest BCUT2D eigenvalue weighted by Gasteiger charge is -2.20. The molecule has 6 nitrogen and oxygen atoms in total. The molecule has 0 radical (unpaired) electrons. The van der Waals surface area contributed by atoms with Gasteiger partial charge in [0.1, 0.15) is 0 Å². The molecule has 1 atom stereocenters. The van der Waals surface area contributed by atoms with Gasteiger partial charge in [-0.3, -0.25) is 4.79 Å². The molecule has 1 aromatic rings. The van der Waals surface area contributed by atoms with E-state index in [1.165, 1.54) is 13.2 Å². The summed E-state index contributed by atoms with van der Waals surface area (Å²) in [5, 5.41) is 22.5. The van der Waals surface area contributed by atoms with Crippen LogP contribution in [0.4, 0.5) is 5.69 Å². The van der Waals surface area contributed by atoms with Crippen molar-refractivity contribution in [1.82, 2.24) is 4.90 Å². The van der Waals surface area contributed by atoms with Crippen LogP contribution in [0.15, 0.2) is 12.1 Å². The molecule has 1 unspecified atom stereocenters. The number of amides is 1. The largest absolute Gasteiger partial charge is 0.503 e. The van der Waals surface area contributed by atoms with E-state index in [1.807, 2.05) is 13.8 Å². The Morgan fingerprint density at radius 2 is 2.05 bits per heavy atom. The fraction of sp³-hybridized carbons (Fsp3) is 0.533. The van der Waals surface area contributed by atoms with Crippen LogP contribution in [0.2, 0.25) is 0 Å². The standard InChI is InChI=1S/C15H23ClN2O4/c1-4-18(5-2)15(21)10-6-12(17-9-11(19)8-16)14(20)13(7-10)22-3/h6-7,11,17,19-20H,4-5,8-9H2,1-3H3. The third-order valence-electron chi connectivity index (χ3n) is 3.30. The molecule has 0 aliphatic heterocycles. The lowest BCUT2D eigenvalue weighted by molar-refractivity contribution is 0.0772. The summed E-state index contributed by atoms with van der Waals surface area (Å²) in [6.45, 7) is 5.13. The minimum atomic E-state index is -0.755. The number of ether oxygens (including phenoxy) is 1. The van der Waals surface area contributed by atoms with E-state index < -0.39 is 6.10 Å². The molecule has 0 spiro atoms. The molecule has 0 aliphatic carbocycles. The van der Waals surface area contributed by atoms with E-state index in [-0.39, 0.29) is 29.8 Å². The number of phenols is 1. The summed E-state index contributed by atoms with van der Waals surface area (Å²) < 4.78 is 5.11. The minimum absolute atomic E-state index is 0.0724. The topological polar surface area (TPSA) is 82.0 Å². The van der Waals surface area contributed by atoms with Gasteiger partial charge in [-0.25, -0.2) is 0 Å². The second-order valence-corrected chi connectivity index (χ2v) is 5.05. The van der Waals surface area contributed by atoms with Crippen molar-refractivity contribution in [2.24, 2.45) is 0 Å². The number of hydrogen-bond acceptors (Lipinski definition) is 5. The number of phenolic OH excluding ortho intramolecular Hbond substituents is 1. The number of carbonyl (C=O) groups is 1. The number of aliphatic hydroxyl groups is 1. The van der Waals surface area contributed by atoms with Crippen LogP contribution in [0.1, 0.15) is 24.2 Å². The fourth-order valence-electron chi connectivity index (χ4n) is 2.00. The van der Waals surface area contributed by atoms with E-state index in [9.17, 15) is 15.0 Å². The highest BCUT2D eigenvalue weighted by Gasteiger charge is 2.18. The van der Waals surface area contributed by atoms with Crippen molar-refractivity contribution in [1.29, 1.82) is 0 Å². The molecule has 0 saturated heterocycles. The number of methoxy groups -OCH3 is 1. The van der Waals surface area contributed by atoms with Crippen LogP contribution >= 0.6 is 11.6 Å². The molecule has 0 aromatic heterocycles. The normalized spacial score (nSPS) is 11.9. The number of rotatable bonds is 8. The van der Waals surface area contributed by atoms with Crippen molar-refractivity contribution in [3.05, 3.63) is 17.7 Å². The quantitative estimate of drug-likeness (QED) is 0.501. The van der Waals surface area contributed by atoms with Crippen molar-refractivity contribution in [2.75, 3.05) is 37.9 Å². The zero-order chi connectivity index (χ0) is 16.7. The van der Waals surface area contributed by atoms with E-state index in [4.69, 9.17) is 16.3 Å². The van der Waals surface area contributed by atoms with Gasteiger partial charge in [-0.1, -0.05) is 0 Å². The number of anilines is 1. The predicted molar refractivity (Wildman–Crippen MR) is 87.1 cm³/mol. The third-order valence-corrected chi connectivity index (χ3v) is 3.65. The summed E-state index contributed by atoms with van der Waals surface area (Å²) in [4.78, 5) is 14.1. The summed E-state index contributed by atoms with van der Waals surface area (Å²) in [5.41, 5.74) is 0.722. The first kappa shape index (κ1) is 18.4. The number of benzene rings is 1. The SMILES string of the molecule is CCN(CC)C(=O)c1cc(NCC(O)CCl)c(O)c(OC)c1. The Bertz CT molecular complexity index is 507. The lowest BCUT2D eigenvalue weighted by Crippen LogP contribution is -2.30. The van der Waals surface area contributed by atoms with Crippen molar-refractivity contribution in [3.63, 3.8) is 0 Å². The van der Waals surface area contributed by atoms with Gasteiger partial charge >= 0.3 is 0 Å². The van der Waals surface area contributed by atoms with Crippen LogP contribution in [0.3, 0.4) is 0 Å². The molecular formula is C15H23ClN2O4. The van der Waals surface area contributed by atoms with Gasteiger partial charge in [0.05, 0.1) is 24.8 Å². The maximum Gasteiger partial charge on any atom is 0.254 e. The van der Waals surface area contributed by atoms with Gasteiger partial charge in [0, 0.05) is 25.2 Å². The Labute approximate surface area is 135 Å². The second-order valence-electron chi connectivity index (χ2n) is 4.74. The monoisotopic (exact) mass is 330 g/mol. The highest BCUT2D eigenvalue weighted by atomic mass is 35.5. The smallest absolute Gasteiger partial charge is 0.254 e. The highest BCUT2D eigenvalue weighted by molar-refractivity contribution is 6.18. The van der Waals surface area contributed by atoms with Gasteiger partial charge in [0.15, 0.2) is 11.5 Å². The molecule has 0 saturated carbocycles. The van der Waals surface area contributed by atoms with Gasteiger partial charge in [0.2, 0.25) is 0 Å². The van der Waals surface area contributed by atoms with Crippen molar-refractivity contribution >= 4 is 23.2 Å². The molecule has 1 rings (SSSR count). The molecule has 0 bridgehead atoms. The van der Waals surface area contributed by atoms with Crippen LogP contribution < -0.4 is 10.1 Å². The number of alkyl halides is 1. The first-order valence-corrected chi connectivity index (χ1v) is 7.70. The maximum absolute atomic E-state index is 12.4. The summed E-state index contributed by atoms with van der Waals surface area (Å²) in [5.74, 6) is 0.00802. The van der Waals surface area contributed by atoms with E-state index in [2.05, 4.69) is 5.32 Å². The molecule has 7 heteroatoms. The molecule has 124 valence electrons. The Balaban J connectivity index is 3.11. The van der Waals surface area contributed by atoms with Gasteiger partial charge < -0.3 is 25.2 Å². The van der Waals surface area contributed by atoms with E-state index in [1.54, 1.807) is 11.0 Å². The zero-order valence-corrected chi connectivity index (χ0v) is 13.9. The molecule has 0 heterocycles. The second kappa shape index (κ2) is 8.70. The number of aromatic hydroxyl groups is 1. The average molecular weight is 331 g/mol. The highest BCUT2D eigenvalue weighted by Crippen LogP contribution is 2.35. The number of nitrogens with zero attached hydrogens (tertiary/aromatic N) is 1. The van der Waals surface area contributed by atoms with Crippen LogP contribution in [0.5, 0.6) is 11.5 Å². The fourth-order valence-corrected chi connectivity index (χ4v) is 2.11. The maximum atomic E-state index is 12.4. The summed E-state index contributed by atoms with van der Waals surface area (Å²) in [6.07, 6.45) is -0.755. The Morgan fingerprint density at radius 1 is 1.41 bits per heavy atom. The van der Waals surface area contributed by atoms with Crippen molar-refractivity contribution in [2.45, 2.75) is 20.0 Å². The van der Waals surface area contributed by atoms with Crippen molar-refractivity contribution in [3.8, 4) is 11.5 Å². The molecule has 0 fully saturated rings. The molecule has 0 aliphatic rings. The predicted octanol–water partition coefficient (Wildman–Crippen LogP) is 1.89. The molecular weight excluding hydrogens is 308 g/mol. The van der Waals surface area contributed by atoms with E-state index >= 15 is 0 Å². The lowest BCUT2D eigenvalue weighted by atomic mass is 10.1. The first-order valence-electron chi connectivity index (χ1n) is 7.16. The van der Waals surface area contributed by atoms with Gasteiger partial charge in [-0.2, -0.15) is 0 Å². The number of nitrogens with one attached hydrogen (secondary N) is 1. The molecule has 1 amide bonds. The van der Waals surface area contributed by atoms with E-state index in [0.29, 0.717) is 24.3 Å². The number of halogens is 1. The van der Waals surface area contributed by atoms with Crippen LogP contribution in [0.25, 0.3) is 0 Å². The van der Waals surface area contributed by atoms with Crippen molar-refractivity contribution < 1.29 is 19.7 Å². The van der Waals surface area contributed by atoms with E-state index in [0.717, 1.165) is 0 Å².